The predicted molar refractivity (Wildman–Crippen MR) is 133 cm³/mol. The van der Waals surface area contributed by atoms with Gasteiger partial charge in [-0.1, -0.05) is 36.0 Å². The van der Waals surface area contributed by atoms with Crippen molar-refractivity contribution >= 4 is 34.3 Å². The molecule has 4 rings (SSSR count). The molecule has 0 aliphatic carbocycles. The van der Waals surface area contributed by atoms with Crippen LogP contribution in [0.3, 0.4) is 0 Å². The summed E-state index contributed by atoms with van der Waals surface area (Å²) >= 11 is 1.27. The summed E-state index contributed by atoms with van der Waals surface area (Å²) in [4.78, 5) is 31.4. The van der Waals surface area contributed by atoms with E-state index >= 15 is 0 Å². The zero-order valence-electron chi connectivity index (χ0n) is 19.6. The highest BCUT2D eigenvalue weighted by molar-refractivity contribution is 8.00. The number of rotatable bonds is 5. The van der Waals surface area contributed by atoms with Gasteiger partial charge in [0.2, 0.25) is 5.91 Å². The molecule has 170 valence electrons. The minimum Gasteiger partial charge on any atom is -0.322 e. The molecule has 0 spiro atoms. The number of aromatic nitrogens is 4. The minimum absolute atomic E-state index is 0.150. The Bertz CT molecular complexity index is 1440. The van der Waals surface area contributed by atoms with Gasteiger partial charge in [-0.2, -0.15) is 5.10 Å². The smallest absolute Gasteiger partial charge is 0.266 e. The van der Waals surface area contributed by atoms with Crippen LogP contribution in [0, 0.1) is 27.7 Å². The van der Waals surface area contributed by atoms with Gasteiger partial charge >= 0.3 is 0 Å². The van der Waals surface area contributed by atoms with E-state index in [1.807, 2.05) is 78.1 Å². The van der Waals surface area contributed by atoms with Crippen molar-refractivity contribution in [3.05, 3.63) is 75.3 Å². The fourth-order valence-electron chi connectivity index (χ4n) is 3.77. The Morgan fingerprint density at radius 2 is 1.79 bits per heavy atom. The number of thioether (sulfide) groups is 1. The second-order valence-electron chi connectivity index (χ2n) is 8.19. The average molecular weight is 462 g/mol. The summed E-state index contributed by atoms with van der Waals surface area (Å²) in [6.07, 6.45) is 0. The lowest BCUT2D eigenvalue weighted by atomic mass is 10.1. The van der Waals surface area contributed by atoms with Crippen molar-refractivity contribution in [2.24, 2.45) is 7.05 Å². The van der Waals surface area contributed by atoms with E-state index in [9.17, 15) is 9.59 Å². The van der Waals surface area contributed by atoms with Gasteiger partial charge in [0.05, 0.1) is 38.9 Å². The largest absolute Gasteiger partial charge is 0.322 e. The number of aryl methyl sites for hydroxylation is 3. The summed E-state index contributed by atoms with van der Waals surface area (Å²) in [5.41, 5.74) is 5.67. The van der Waals surface area contributed by atoms with Crippen molar-refractivity contribution < 1.29 is 4.79 Å². The number of anilines is 1. The molecule has 2 heterocycles. The molecule has 1 atom stereocenters. The maximum atomic E-state index is 13.5. The Balaban J connectivity index is 1.77. The van der Waals surface area contributed by atoms with Crippen LogP contribution in [0.2, 0.25) is 0 Å². The lowest BCUT2D eigenvalue weighted by Gasteiger charge is -2.18. The number of fused-ring (bicyclic) bond motifs is 1. The van der Waals surface area contributed by atoms with E-state index in [0.29, 0.717) is 21.7 Å². The van der Waals surface area contributed by atoms with Gasteiger partial charge in [0, 0.05) is 7.05 Å². The summed E-state index contributed by atoms with van der Waals surface area (Å²) in [5, 5.41) is 7.89. The lowest BCUT2D eigenvalue weighted by molar-refractivity contribution is -0.115. The van der Waals surface area contributed by atoms with Gasteiger partial charge in [-0.25, -0.2) is 4.98 Å². The molecular weight excluding hydrogens is 434 g/mol. The molecule has 0 saturated carbocycles. The molecular formula is C25H27N5O2S. The highest BCUT2D eigenvalue weighted by Gasteiger charge is 2.23. The first kappa shape index (κ1) is 22.8. The number of nitrogens with one attached hydrogen (secondary N) is 1. The van der Waals surface area contributed by atoms with Gasteiger partial charge in [0.1, 0.15) is 0 Å². The molecule has 7 nitrogen and oxygen atoms in total. The topological polar surface area (TPSA) is 81.8 Å². The van der Waals surface area contributed by atoms with E-state index in [1.54, 1.807) is 15.3 Å². The first-order valence-electron chi connectivity index (χ1n) is 10.7. The van der Waals surface area contributed by atoms with E-state index in [1.165, 1.54) is 11.8 Å². The first-order chi connectivity index (χ1) is 15.7. The molecule has 4 aromatic rings. The molecule has 1 amide bonds. The number of hydrogen-bond donors (Lipinski definition) is 1. The van der Waals surface area contributed by atoms with Crippen LogP contribution >= 0.6 is 11.8 Å². The van der Waals surface area contributed by atoms with Crippen LogP contribution in [-0.2, 0) is 11.8 Å². The third kappa shape index (κ3) is 4.18. The van der Waals surface area contributed by atoms with Crippen molar-refractivity contribution in [3.63, 3.8) is 0 Å². The molecule has 33 heavy (non-hydrogen) atoms. The number of amides is 1. The maximum absolute atomic E-state index is 13.5. The number of carbonyl (C=O) groups excluding carboxylic acids is 1. The maximum Gasteiger partial charge on any atom is 0.266 e. The van der Waals surface area contributed by atoms with Crippen LogP contribution in [0.1, 0.15) is 29.4 Å². The number of nitrogens with zero attached hydrogens (tertiary/aromatic N) is 4. The molecule has 1 N–H and O–H groups in total. The Morgan fingerprint density at radius 1 is 1.06 bits per heavy atom. The monoisotopic (exact) mass is 461 g/mol. The second kappa shape index (κ2) is 8.86. The number of benzene rings is 2. The van der Waals surface area contributed by atoms with E-state index in [2.05, 4.69) is 10.4 Å². The molecule has 0 radical (unpaired) electrons. The lowest BCUT2D eigenvalue weighted by Crippen LogP contribution is -2.27. The highest BCUT2D eigenvalue weighted by atomic mass is 32.2. The molecule has 1 unspecified atom stereocenters. The minimum atomic E-state index is -0.492. The van der Waals surface area contributed by atoms with Crippen LogP contribution in [0.25, 0.3) is 16.6 Å². The molecule has 0 aliphatic heterocycles. The van der Waals surface area contributed by atoms with Crippen molar-refractivity contribution in [1.82, 2.24) is 19.3 Å². The van der Waals surface area contributed by atoms with Crippen LogP contribution < -0.4 is 10.9 Å². The third-order valence-corrected chi connectivity index (χ3v) is 7.02. The zero-order valence-corrected chi connectivity index (χ0v) is 20.4. The number of para-hydroxylation sites is 1. The van der Waals surface area contributed by atoms with Crippen LogP contribution in [0.5, 0.6) is 0 Å². The van der Waals surface area contributed by atoms with Gasteiger partial charge < -0.3 is 5.32 Å². The molecule has 0 bridgehead atoms. The van der Waals surface area contributed by atoms with Crippen molar-refractivity contribution in [2.75, 3.05) is 5.32 Å². The van der Waals surface area contributed by atoms with E-state index in [0.717, 1.165) is 28.2 Å². The quantitative estimate of drug-likeness (QED) is 0.350. The SMILES string of the molecule is Cc1cccc(-n2c(SC(C)C(=O)Nc3c(C)nn(C)c3C)nc3ccccc3c2=O)c1C. The Kier molecular flexibility index (Phi) is 6.12. The van der Waals surface area contributed by atoms with Crippen molar-refractivity contribution in [3.8, 4) is 5.69 Å². The van der Waals surface area contributed by atoms with Gasteiger partial charge in [0.25, 0.3) is 5.56 Å². The predicted octanol–water partition coefficient (Wildman–Crippen LogP) is 4.47. The summed E-state index contributed by atoms with van der Waals surface area (Å²) in [6.45, 7) is 9.60. The summed E-state index contributed by atoms with van der Waals surface area (Å²) in [5.74, 6) is -0.172. The van der Waals surface area contributed by atoms with Crippen molar-refractivity contribution in [1.29, 1.82) is 0 Å². The van der Waals surface area contributed by atoms with Gasteiger partial charge in [-0.05, 0) is 63.9 Å². The standard InChI is InChI=1S/C25H27N5O2S/c1-14-10-9-13-21(15(14)2)30-24(32)19-11-7-8-12-20(19)26-25(30)33-18(5)23(31)27-22-16(3)28-29(6)17(22)4/h7-13,18H,1-6H3,(H,27,31). The number of carbonyl (C=O) groups is 1. The average Bonchev–Trinajstić information content (AvgIpc) is 3.02. The fraction of sp³-hybridized carbons (Fsp3) is 0.280. The number of hydrogen-bond acceptors (Lipinski definition) is 5. The van der Waals surface area contributed by atoms with E-state index in [-0.39, 0.29) is 11.5 Å². The summed E-state index contributed by atoms with van der Waals surface area (Å²) in [6, 6.07) is 13.1. The van der Waals surface area contributed by atoms with Crippen molar-refractivity contribution in [2.45, 2.75) is 45.0 Å². The van der Waals surface area contributed by atoms with Crippen LogP contribution in [0.4, 0.5) is 5.69 Å². The summed E-state index contributed by atoms with van der Waals surface area (Å²) < 4.78 is 3.37. The molecule has 2 aromatic heterocycles. The van der Waals surface area contributed by atoms with Crippen LogP contribution in [0.15, 0.2) is 52.4 Å². The molecule has 8 heteroatoms. The second-order valence-corrected chi connectivity index (χ2v) is 9.50. The summed E-state index contributed by atoms with van der Waals surface area (Å²) in [7, 11) is 1.85. The van der Waals surface area contributed by atoms with Crippen LogP contribution in [-0.4, -0.2) is 30.5 Å². The highest BCUT2D eigenvalue weighted by Crippen LogP contribution is 2.28. The normalized spacial score (nSPS) is 12.2. The molecule has 0 aliphatic rings. The Hall–Kier alpha value is -3.39. The van der Waals surface area contributed by atoms with E-state index < -0.39 is 5.25 Å². The van der Waals surface area contributed by atoms with Gasteiger partial charge in [-0.3, -0.25) is 18.8 Å². The van der Waals surface area contributed by atoms with Gasteiger partial charge in [0.15, 0.2) is 5.16 Å². The molecule has 0 saturated heterocycles. The van der Waals surface area contributed by atoms with Gasteiger partial charge in [-0.15, -0.1) is 0 Å². The first-order valence-corrected chi connectivity index (χ1v) is 11.6. The zero-order chi connectivity index (χ0) is 23.9. The molecule has 0 fully saturated rings. The Labute approximate surface area is 196 Å². The molecule has 2 aromatic carbocycles. The Morgan fingerprint density at radius 3 is 2.48 bits per heavy atom. The third-order valence-electron chi connectivity index (χ3n) is 5.97. The van der Waals surface area contributed by atoms with E-state index in [4.69, 9.17) is 4.98 Å². The fourth-order valence-corrected chi connectivity index (χ4v) is 4.69.